The van der Waals surface area contributed by atoms with Crippen molar-refractivity contribution in [1.82, 2.24) is 29.5 Å². The van der Waals surface area contributed by atoms with Gasteiger partial charge in [-0.05, 0) is 90.8 Å². The average Bonchev–Trinajstić information content (AvgIpc) is 3.92. The Kier molecular flexibility index (Phi) is 10.1. The molecule has 3 unspecified atom stereocenters. The molecule has 1 amide bonds. The number of rotatable bonds is 7. The van der Waals surface area contributed by atoms with Gasteiger partial charge in [-0.1, -0.05) is 0 Å². The smallest absolute Gasteiger partial charge is 0.417 e. The van der Waals surface area contributed by atoms with E-state index in [0.717, 1.165) is 26.4 Å². The molecule has 324 valence electrons. The van der Waals surface area contributed by atoms with Crippen molar-refractivity contribution in [1.29, 1.82) is 0 Å². The van der Waals surface area contributed by atoms with Crippen molar-refractivity contribution >= 4 is 33.7 Å². The Bertz CT molecular complexity index is 2330. The summed E-state index contributed by atoms with van der Waals surface area (Å²) < 4.78 is 121. The molecular weight excluding hydrogens is 796 g/mol. The maximum absolute atomic E-state index is 17.7. The number of fused-ring (bicyclic) bond motifs is 5. The summed E-state index contributed by atoms with van der Waals surface area (Å²) in [5.74, 6) is -3.29. The number of benzene rings is 2. The first-order valence-corrected chi connectivity index (χ1v) is 20.7. The fourth-order valence-electron chi connectivity index (χ4n) is 10.4. The first-order chi connectivity index (χ1) is 28.5. The maximum atomic E-state index is 17.7. The molecule has 4 aromatic rings. The summed E-state index contributed by atoms with van der Waals surface area (Å²) in [6.07, 6.45) is -0.832. The zero-order valence-corrected chi connectivity index (χ0v) is 34.3. The number of nitrogens with zero attached hydrogens (tertiary/aromatic N) is 7. The molecule has 5 saturated heterocycles. The Balaban J connectivity index is 1.23. The molecule has 5 aliphatic heterocycles. The summed E-state index contributed by atoms with van der Waals surface area (Å²) in [5, 5.41) is 4.06. The number of carbonyl (C=O) groups is 1. The quantitative estimate of drug-likeness (QED) is 0.168. The fraction of sp³-hybridized carbons (Fsp3) is 0.619. The van der Waals surface area contributed by atoms with Crippen LogP contribution in [0.25, 0.3) is 32.9 Å². The van der Waals surface area contributed by atoms with Gasteiger partial charge in [0.2, 0.25) is 0 Å². The van der Waals surface area contributed by atoms with E-state index >= 15 is 22.0 Å². The van der Waals surface area contributed by atoms with E-state index in [1.807, 2.05) is 4.90 Å². The number of ether oxygens (including phenoxy) is 4. The molecular formula is C42H49F6N7O5. The monoisotopic (exact) mass is 845 g/mol. The van der Waals surface area contributed by atoms with Crippen LogP contribution in [-0.4, -0.2) is 112 Å². The summed E-state index contributed by atoms with van der Waals surface area (Å²) in [5.41, 5.74) is -4.93. The SMILES string of the molecule is COc1c(F)c(-c2c(C(F)(F)F)c(C)cc3c2cnn3C2CCCCO2)c(F)c2nc(OC[C@@]34CCCN3C[C@H](F)C4)nc(N3CC4CCC(C3)N4C(=O)OC(C)(C)C)c12. The Hall–Kier alpha value is -4.58. The highest BCUT2D eigenvalue weighted by atomic mass is 19.4. The predicted octanol–water partition coefficient (Wildman–Crippen LogP) is 8.50. The summed E-state index contributed by atoms with van der Waals surface area (Å²) >= 11 is 0. The molecule has 2 aromatic carbocycles. The van der Waals surface area contributed by atoms with Crippen molar-refractivity contribution in [2.45, 2.75) is 121 Å². The molecule has 2 aromatic heterocycles. The lowest BCUT2D eigenvalue weighted by molar-refractivity contribution is -0.137. The second-order valence-electron chi connectivity index (χ2n) is 17.9. The van der Waals surface area contributed by atoms with Crippen LogP contribution in [-0.2, 0) is 15.7 Å². The van der Waals surface area contributed by atoms with E-state index in [4.69, 9.17) is 23.9 Å². The van der Waals surface area contributed by atoms with Crippen LogP contribution in [0.15, 0.2) is 12.3 Å². The van der Waals surface area contributed by atoms with Gasteiger partial charge in [0.15, 0.2) is 23.6 Å². The van der Waals surface area contributed by atoms with Crippen LogP contribution in [0.5, 0.6) is 11.8 Å². The number of methoxy groups -OCH3 is 1. The number of piperazine rings is 1. The topological polar surface area (TPSA) is 107 Å². The zero-order chi connectivity index (χ0) is 42.5. The molecule has 5 fully saturated rings. The van der Waals surface area contributed by atoms with Crippen LogP contribution in [0.1, 0.15) is 89.5 Å². The van der Waals surface area contributed by atoms with Gasteiger partial charge in [0.1, 0.15) is 29.7 Å². The van der Waals surface area contributed by atoms with Crippen LogP contribution in [0.2, 0.25) is 0 Å². The van der Waals surface area contributed by atoms with Gasteiger partial charge in [-0.25, -0.2) is 22.6 Å². The molecule has 0 spiro atoms. The van der Waals surface area contributed by atoms with Crippen molar-refractivity contribution in [2.24, 2.45) is 0 Å². The van der Waals surface area contributed by atoms with E-state index in [2.05, 4.69) is 10.1 Å². The van der Waals surface area contributed by atoms with Crippen molar-refractivity contribution in [3.63, 3.8) is 0 Å². The number of amides is 1. The second-order valence-corrected chi connectivity index (χ2v) is 17.9. The largest absolute Gasteiger partial charge is 0.493 e. The molecule has 7 heterocycles. The molecule has 18 heteroatoms. The van der Waals surface area contributed by atoms with Gasteiger partial charge in [-0.3, -0.25) is 9.80 Å². The molecule has 60 heavy (non-hydrogen) atoms. The second kappa shape index (κ2) is 14.8. The molecule has 0 N–H and O–H groups in total. The molecule has 12 nitrogen and oxygen atoms in total. The third-order valence-electron chi connectivity index (χ3n) is 12.8. The van der Waals surface area contributed by atoms with E-state index in [1.54, 1.807) is 30.6 Å². The van der Waals surface area contributed by atoms with Gasteiger partial charge in [0.05, 0.1) is 53.0 Å². The summed E-state index contributed by atoms with van der Waals surface area (Å²) in [4.78, 5) is 28.1. The maximum Gasteiger partial charge on any atom is 0.417 e. The molecule has 0 aliphatic carbocycles. The number of hydrogen-bond donors (Lipinski definition) is 0. The predicted molar refractivity (Wildman–Crippen MR) is 209 cm³/mol. The van der Waals surface area contributed by atoms with E-state index in [-0.39, 0.29) is 78.4 Å². The molecule has 5 aliphatic rings. The number of hydrogen-bond acceptors (Lipinski definition) is 10. The Morgan fingerprint density at radius 2 is 1.75 bits per heavy atom. The van der Waals surface area contributed by atoms with Crippen LogP contribution in [0, 0.1) is 18.6 Å². The lowest BCUT2D eigenvalue weighted by Crippen LogP contribution is -2.57. The van der Waals surface area contributed by atoms with Gasteiger partial charge in [-0.15, -0.1) is 0 Å². The Labute approximate surface area is 343 Å². The number of halogens is 6. The first kappa shape index (κ1) is 40.8. The highest BCUT2D eigenvalue weighted by Crippen LogP contribution is 2.50. The number of carbonyl (C=O) groups excluding carboxylic acids is 1. The molecule has 5 atom stereocenters. The van der Waals surface area contributed by atoms with E-state index in [9.17, 15) is 9.18 Å². The lowest BCUT2D eigenvalue weighted by atomic mass is 9.90. The highest BCUT2D eigenvalue weighted by molar-refractivity contribution is 6.04. The fourth-order valence-corrected chi connectivity index (χ4v) is 10.4. The van der Waals surface area contributed by atoms with Crippen LogP contribution in [0.4, 0.5) is 37.0 Å². The third-order valence-corrected chi connectivity index (χ3v) is 12.8. The number of aromatic nitrogens is 4. The van der Waals surface area contributed by atoms with Gasteiger partial charge in [0.25, 0.3) is 0 Å². The van der Waals surface area contributed by atoms with Gasteiger partial charge >= 0.3 is 18.3 Å². The molecule has 9 rings (SSSR count). The minimum absolute atomic E-state index is 0.0258. The van der Waals surface area contributed by atoms with Gasteiger partial charge in [-0.2, -0.15) is 28.2 Å². The van der Waals surface area contributed by atoms with E-state index in [0.29, 0.717) is 38.8 Å². The first-order valence-electron chi connectivity index (χ1n) is 20.7. The standard InChI is InChI=1S/C42H49F6N7O5/c1-22-15-27-26(17-49-55(27)28-9-6-7-14-58-28)29(32(22)42(46,47)48)30-33(44)35-31(36(57-5)34(30)45)37(51-38(50-35)59-21-41-12-8-13-53(41)18-23(43)16-41)52-19-24-10-11-25(20-52)54(24)39(56)60-40(2,3)4/h15,17,23-25,28H,6-14,16,18-21H2,1-5H3/t23-,24?,25?,28?,41+/m1/s1. The molecule has 0 radical (unpaired) electrons. The molecule has 0 saturated carbocycles. The minimum Gasteiger partial charge on any atom is -0.493 e. The van der Waals surface area contributed by atoms with Crippen molar-refractivity contribution in [3.8, 4) is 22.9 Å². The van der Waals surface area contributed by atoms with Gasteiger partial charge < -0.3 is 23.8 Å². The van der Waals surface area contributed by atoms with Crippen LogP contribution >= 0.6 is 0 Å². The zero-order valence-electron chi connectivity index (χ0n) is 34.3. The summed E-state index contributed by atoms with van der Waals surface area (Å²) in [6, 6.07) is 0.306. The number of alkyl halides is 4. The molecule has 2 bridgehead atoms. The summed E-state index contributed by atoms with van der Waals surface area (Å²) in [7, 11) is 1.15. The highest BCUT2D eigenvalue weighted by Gasteiger charge is 2.50. The number of anilines is 1. The Morgan fingerprint density at radius 3 is 2.42 bits per heavy atom. The van der Waals surface area contributed by atoms with Crippen molar-refractivity contribution in [2.75, 3.05) is 51.4 Å². The third kappa shape index (κ3) is 6.85. The van der Waals surface area contributed by atoms with Gasteiger partial charge in [0, 0.05) is 43.6 Å². The van der Waals surface area contributed by atoms with Crippen molar-refractivity contribution < 1.29 is 50.1 Å². The summed E-state index contributed by atoms with van der Waals surface area (Å²) in [6.45, 7) is 8.30. The van der Waals surface area contributed by atoms with E-state index < -0.39 is 75.4 Å². The van der Waals surface area contributed by atoms with Crippen LogP contribution in [0.3, 0.4) is 0 Å². The van der Waals surface area contributed by atoms with Crippen molar-refractivity contribution in [3.05, 3.63) is 35.0 Å². The number of aryl methyl sites for hydroxylation is 1. The average molecular weight is 846 g/mol. The Morgan fingerprint density at radius 1 is 1.00 bits per heavy atom. The minimum atomic E-state index is -5.04. The van der Waals surface area contributed by atoms with Crippen LogP contribution < -0.4 is 14.4 Å². The normalized spacial score (nSPS) is 26.1. The lowest BCUT2D eigenvalue weighted by Gasteiger charge is -2.42. The van der Waals surface area contributed by atoms with E-state index in [1.165, 1.54) is 23.9 Å².